The molecule has 0 saturated heterocycles. The quantitative estimate of drug-likeness (QED) is 0.841. The van der Waals surface area contributed by atoms with Crippen LogP contribution in [-0.2, 0) is 0 Å². The molecule has 2 aromatic rings. The number of fused-ring (bicyclic) bond motifs is 1. The summed E-state index contributed by atoms with van der Waals surface area (Å²) in [7, 11) is 0. The van der Waals surface area contributed by atoms with E-state index < -0.39 is 0 Å². The number of nitrogens with one attached hydrogen (secondary N) is 1. The average Bonchev–Trinajstić information content (AvgIpc) is 3.19. The second kappa shape index (κ2) is 4.47. The Balaban J connectivity index is 2.01. The molecule has 2 N–H and O–H groups in total. The molecule has 0 amide bonds. The van der Waals surface area contributed by atoms with Gasteiger partial charge >= 0.3 is 0 Å². The Morgan fingerprint density at radius 1 is 1.12 bits per heavy atom. The summed E-state index contributed by atoms with van der Waals surface area (Å²) < 4.78 is 0. The van der Waals surface area contributed by atoms with Gasteiger partial charge < -0.3 is 10.4 Å². The van der Waals surface area contributed by atoms with Gasteiger partial charge in [0.1, 0.15) is 0 Å². The van der Waals surface area contributed by atoms with Crippen molar-refractivity contribution < 1.29 is 5.11 Å². The van der Waals surface area contributed by atoms with Crippen molar-refractivity contribution in [2.75, 3.05) is 6.61 Å². The van der Waals surface area contributed by atoms with E-state index in [-0.39, 0.29) is 12.6 Å². The van der Waals surface area contributed by atoms with Crippen molar-refractivity contribution in [2.24, 2.45) is 0 Å². The Kier molecular flexibility index (Phi) is 2.83. The third-order valence-corrected chi connectivity index (χ3v) is 3.40. The maximum atomic E-state index is 9.55. The second-order valence-corrected chi connectivity index (χ2v) is 4.74. The first-order valence-electron chi connectivity index (χ1n) is 6.23. The zero-order chi connectivity index (χ0) is 11.7. The first-order chi connectivity index (χ1) is 8.38. The highest BCUT2D eigenvalue weighted by atomic mass is 16.3. The Morgan fingerprint density at radius 3 is 2.65 bits per heavy atom. The normalized spacial score (nSPS) is 17.2. The second-order valence-electron chi connectivity index (χ2n) is 4.74. The van der Waals surface area contributed by atoms with E-state index in [0.717, 1.165) is 0 Å². The molecule has 1 aliphatic carbocycles. The standard InChI is InChI=1S/C15H17NO/c17-10-15(16-12-8-9-12)14-7-3-5-11-4-1-2-6-13(11)14/h1-7,12,15-17H,8-10H2. The predicted molar refractivity (Wildman–Crippen MR) is 69.9 cm³/mol. The van der Waals surface area contributed by atoms with Gasteiger partial charge in [-0.05, 0) is 29.2 Å². The van der Waals surface area contributed by atoms with Crippen LogP contribution in [0.25, 0.3) is 10.8 Å². The Labute approximate surface area is 101 Å². The largest absolute Gasteiger partial charge is 0.394 e. The van der Waals surface area contributed by atoms with Gasteiger partial charge in [0.15, 0.2) is 0 Å². The van der Waals surface area contributed by atoms with Crippen molar-refractivity contribution in [3.63, 3.8) is 0 Å². The fourth-order valence-electron chi connectivity index (χ4n) is 2.33. The summed E-state index contributed by atoms with van der Waals surface area (Å²) in [5.74, 6) is 0. The van der Waals surface area contributed by atoms with Gasteiger partial charge in [-0.15, -0.1) is 0 Å². The van der Waals surface area contributed by atoms with E-state index in [0.29, 0.717) is 6.04 Å². The molecule has 1 aliphatic rings. The highest BCUT2D eigenvalue weighted by molar-refractivity contribution is 5.86. The number of aliphatic hydroxyl groups is 1. The van der Waals surface area contributed by atoms with E-state index in [1.807, 2.05) is 6.07 Å². The molecule has 0 aliphatic heterocycles. The van der Waals surface area contributed by atoms with Crippen LogP contribution in [0.5, 0.6) is 0 Å². The molecule has 0 radical (unpaired) electrons. The highest BCUT2D eigenvalue weighted by Crippen LogP contribution is 2.28. The lowest BCUT2D eigenvalue weighted by Crippen LogP contribution is -2.26. The van der Waals surface area contributed by atoms with Crippen LogP contribution in [0.3, 0.4) is 0 Å². The molecule has 3 rings (SSSR count). The zero-order valence-corrected chi connectivity index (χ0v) is 9.76. The molecule has 1 unspecified atom stereocenters. The molecule has 0 heterocycles. The predicted octanol–water partition coefficient (Wildman–Crippen LogP) is 2.63. The number of hydrogen-bond donors (Lipinski definition) is 2. The minimum atomic E-state index is 0.0635. The number of hydrogen-bond acceptors (Lipinski definition) is 2. The molecule has 1 atom stereocenters. The highest BCUT2D eigenvalue weighted by Gasteiger charge is 2.25. The van der Waals surface area contributed by atoms with Crippen LogP contribution in [0.2, 0.25) is 0 Å². The molecule has 0 aromatic heterocycles. The molecule has 2 heteroatoms. The molecule has 1 fully saturated rings. The van der Waals surface area contributed by atoms with Crippen LogP contribution in [0.15, 0.2) is 42.5 Å². The van der Waals surface area contributed by atoms with E-state index in [9.17, 15) is 5.11 Å². The Bertz CT molecular complexity index is 514. The summed E-state index contributed by atoms with van der Waals surface area (Å²) in [5, 5.41) is 15.5. The SMILES string of the molecule is OCC(NC1CC1)c1cccc2ccccc12. The van der Waals surface area contributed by atoms with Crippen molar-refractivity contribution in [2.45, 2.75) is 24.9 Å². The van der Waals surface area contributed by atoms with Crippen LogP contribution >= 0.6 is 0 Å². The topological polar surface area (TPSA) is 32.3 Å². The fourth-order valence-corrected chi connectivity index (χ4v) is 2.33. The van der Waals surface area contributed by atoms with E-state index in [4.69, 9.17) is 0 Å². The van der Waals surface area contributed by atoms with Crippen molar-refractivity contribution in [3.8, 4) is 0 Å². The van der Waals surface area contributed by atoms with Gasteiger partial charge in [0, 0.05) is 6.04 Å². The summed E-state index contributed by atoms with van der Waals surface area (Å²) in [6.07, 6.45) is 2.47. The maximum Gasteiger partial charge on any atom is 0.0626 e. The zero-order valence-electron chi connectivity index (χ0n) is 9.76. The van der Waals surface area contributed by atoms with Crippen LogP contribution < -0.4 is 5.32 Å². The Hall–Kier alpha value is -1.38. The van der Waals surface area contributed by atoms with E-state index in [1.165, 1.54) is 29.2 Å². The average molecular weight is 227 g/mol. The van der Waals surface area contributed by atoms with Crippen molar-refractivity contribution in [1.29, 1.82) is 0 Å². The first-order valence-corrected chi connectivity index (χ1v) is 6.23. The number of rotatable bonds is 4. The third kappa shape index (κ3) is 2.19. The van der Waals surface area contributed by atoms with Gasteiger partial charge in [0.2, 0.25) is 0 Å². The molecule has 17 heavy (non-hydrogen) atoms. The summed E-state index contributed by atoms with van der Waals surface area (Å²) in [6, 6.07) is 15.3. The van der Waals surface area contributed by atoms with E-state index >= 15 is 0 Å². The molecule has 88 valence electrons. The first kappa shape index (κ1) is 10.8. The molecular weight excluding hydrogens is 210 g/mol. The minimum absolute atomic E-state index is 0.0635. The Morgan fingerprint density at radius 2 is 1.88 bits per heavy atom. The van der Waals surface area contributed by atoms with Gasteiger partial charge in [-0.2, -0.15) is 0 Å². The van der Waals surface area contributed by atoms with Crippen LogP contribution in [0, 0.1) is 0 Å². The smallest absolute Gasteiger partial charge is 0.0626 e. The minimum Gasteiger partial charge on any atom is -0.394 e. The van der Waals surface area contributed by atoms with Gasteiger partial charge in [0.25, 0.3) is 0 Å². The molecular formula is C15H17NO. The molecule has 0 bridgehead atoms. The van der Waals surface area contributed by atoms with Gasteiger partial charge in [-0.1, -0.05) is 42.5 Å². The molecule has 2 nitrogen and oxygen atoms in total. The summed E-state index contributed by atoms with van der Waals surface area (Å²) in [6.45, 7) is 0.157. The van der Waals surface area contributed by atoms with Gasteiger partial charge in [0.05, 0.1) is 12.6 Å². The van der Waals surface area contributed by atoms with E-state index in [2.05, 4.69) is 41.7 Å². The van der Waals surface area contributed by atoms with E-state index in [1.54, 1.807) is 0 Å². The molecule has 0 spiro atoms. The lowest BCUT2D eigenvalue weighted by Gasteiger charge is -2.18. The number of aliphatic hydroxyl groups excluding tert-OH is 1. The summed E-state index contributed by atoms with van der Waals surface area (Å²) in [5.41, 5.74) is 1.21. The van der Waals surface area contributed by atoms with Gasteiger partial charge in [-0.3, -0.25) is 0 Å². The van der Waals surface area contributed by atoms with Crippen molar-refractivity contribution in [1.82, 2.24) is 5.32 Å². The van der Waals surface area contributed by atoms with Crippen molar-refractivity contribution >= 4 is 10.8 Å². The lowest BCUT2D eigenvalue weighted by atomic mass is 9.99. The van der Waals surface area contributed by atoms with Crippen LogP contribution in [0.4, 0.5) is 0 Å². The van der Waals surface area contributed by atoms with Crippen molar-refractivity contribution in [3.05, 3.63) is 48.0 Å². The van der Waals surface area contributed by atoms with Crippen LogP contribution in [0.1, 0.15) is 24.4 Å². The summed E-state index contributed by atoms with van der Waals surface area (Å²) in [4.78, 5) is 0. The molecule has 2 aromatic carbocycles. The number of benzene rings is 2. The monoisotopic (exact) mass is 227 g/mol. The maximum absolute atomic E-state index is 9.55. The lowest BCUT2D eigenvalue weighted by molar-refractivity contribution is 0.244. The third-order valence-electron chi connectivity index (χ3n) is 3.40. The fraction of sp³-hybridized carbons (Fsp3) is 0.333. The van der Waals surface area contributed by atoms with Gasteiger partial charge in [-0.25, -0.2) is 0 Å². The summed E-state index contributed by atoms with van der Waals surface area (Å²) >= 11 is 0. The molecule has 1 saturated carbocycles. The van der Waals surface area contributed by atoms with Crippen LogP contribution in [-0.4, -0.2) is 17.8 Å².